The van der Waals surface area contributed by atoms with Crippen LogP contribution in [-0.4, -0.2) is 25.3 Å². The Hall–Kier alpha value is -2.22. The van der Waals surface area contributed by atoms with E-state index in [0.717, 1.165) is 0 Å². The lowest BCUT2D eigenvalue weighted by molar-refractivity contribution is 0.0698. The van der Waals surface area contributed by atoms with Gasteiger partial charge in [0.25, 0.3) is 0 Å². The first-order chi connectivity index (χ1) is 7.15. The molecule has 2 heterocycles. The van der Waals surface area contributed by atoms with Gasteiger partial charge >= 0.3 is 5.97 Å². The fourth-order valence-electron chi connectivity index (χ4n) is 1.61. The van der Waals surface area contributed by atoms with Gasteiger partial charge in [0.15, 0.2) is 5.65 Å². The number of carboxylic acids is 1. The van der Waals surface area contributed by atoms with Crippen LogP contribution in [0.2, 0.25) is 0 Å². The molecule has 5 heteroatoms. The van der Waals surface area contributed by atoms with E-state index < -0.39 is 5.97 Å². The van der Waals surface area contributed by atoms with Gasteiger partial charge in [-0.3, -0.25) is 0 Å². The predicted octanol–water partition coefficient (Wildman–Crippen LogP) is 0.776. The molecule has 0 aliphatic heterocycles. The molecule has 0 radical (unpaired) electrons. The highest BCUT2D eigenvalue weighted by Gasteiger charge is 2.18. The van der Waals surface area contributed by atoms with E-state index >= 15 is 0 Å². The summed E-state index contributed by atoms with van der Waals surface area (Å²) in [6.07, 6.45) is 8.60. The van der Waals surface area contributed by atoms with Crippen LogP contribution in [0.4, 0.5) is 0 Å². The first-order valence-electron chi connectivity index (χ1n) is 4.36. The number of rotatable bonds is 2. The second kappa shape index (κ2) is 3.17. The summed E-state index contributed by atoms with van der Waals surface area (Å²) in [5, 5.41) is 13.1. The van der Waals surface area contributed by atoms with Crippen LogP contribution in [0.1, 0.15) is 16.1 Å². The molecular weight excluding hydrogens is 194 g/mol. The van der Waals surface area contributed by atoms with Gasteiger partial charge in [0.2, 0.25) is 0 Å². The van der Waals surface area contributed by atoms with Gasteiger partial charge in [-0.1, -0.05) is 5.92 Å². The third-order valence-corrected chi connectivity index (χ3v) is 2.20. The lowest BCUT2D eigenvalue weighted by Crippen LogP contribution is -2.02. The highest BCUT2D eigenvalue weighted by atomic mass is 16.4. The van der Waals surface area contributed by atoms with E-state index in [1.807, 2.05) is 0 Å². The van der Waals surface area contributed by atoms with Crippen LogP contribution in [0.25, 0.3) is 5.65 Å². The molecule has 76 valence electrons. The molecule has 0 unspecified atom stereocenters. The number of hydrogen-bond acceptors (Lipinski definition) is 2. The number of fused-ring (bicyclic) bond motifs is 1. The average Bonchev–Trinajstić information content (AvgIpc) is 2.65. The van der Waals surface area contributed by atoms with Crippen molar-refractivity contribution in [2.75, 3.05) is 0 Å². The molecular formula is C10H9N3O2. The van der Waals surface area contributed by atoms with Crippen LogP contribution in [-0.2, 0) is 6.54 Å². The van der Waals surface area contributed by atoms with E-state index in [0.29, 0.717) is 17.9 Å². The summed E-state index contributed by atoms with van der Waals surface area (Å²) >= 11 is 0. The Balaban J connectivity index is 2.76. The van der Waals surface area contributed by atoms with E-state index in [-0.39, 0.29) is 5.56 Å². The van der Waals surface area contributed by atoms with Gasteiger partial charge in [-0.05, 0) is 6.92 Å². The van der Waals surface area contributed by atoms with Crippen LogP contribution in [0.15, 0.2) is 12.4 Å². The number of carbonyl (C=O) groups is 1. The van der Waals surface area contributed by atoms with Gasteiger partial charge in [0, 0.05) is 12.4 Å². The molecule has 0 fully saturated rings. The van der Waals surface area contributed by atoms with Crippen molar-refractivity contribution in [1.29, 1.82) is 0 Å². The standard InChI is InChI=1S/C10H9N3O2/c1-3-4-12-5-6-13-9(12)8(10(14)15)7(2)11-13/h1,5-6H,4H2,2H3,(H,14,15). The summed E-state index contributed by atoms with van der Waals surface area (Å²) in [5.41, 5.74) is 1.22. The van der Waals surface area contributed by atoms with E-state index in [2.05, 4.69) is 11.0 Å². The Morgan fingerprint density at radius 3 is 3.00 bits per heavy atom. The topological polar surface area (TPSA) is 59.5 Å². The zero-order valence-electron chi connectivity index (χ0n) is 8.14. The number of imidazole rings is 1. The van der Waals surface area contributed by atoms with E-state index in [4.69, 9.17) is 11.5 Å². The number of terminal acetylenes is 1. The molecule has 0 amide bonds. The average molecular weight is 203 g/mol. The molecule has 2 rings (SSSR count). The second-order valence-electron chi connectivity index (χ2n) is 3.16. The largest absolute Gasteiger partial charge is 0.477 e. The summed E-state index contributed by atoms with van der Waals surface area (Å²) in [6.45, 7) is 2.00. The molecule has 2 aromatic rings. The molecule has 0 saturated heterocycles. The Bertz CT molecular complexity index is 571. The van der Waals surface area contributed by atoms with E-state index in [1.165, 1.54) is 4.52 Å². The number of nitrogens with zero attached hydrogens (tertiary/aromatic N) is 3. The monoisotopic (exact) mass is 203 g/mol. The molecule has 0 aliphatic rings. The van der Waals surface area contributed by atoms with Crippen molar-refractivity contribution in [3.8, 4) is 12.3 Å². The number of hydrogen-bond donors (Lipinski definition) is 1. The summed E-state index contributed by atoms with van der Waals surface area (Å²) in [5.74, 6) is 1.48. The third-order valence-electron chi connectivity index (χ3n) is 2.20. The van der Waals surface area contributed by atoms with Crippen LogP contribution in [0.3, 0.4) is 0 Å². The maximum atomic E-state index is 11.0. The van der Waals surface area contributed by atoms with Gasteiger partial charge < -0.3 is 9.67 Å². The SMILES string of the molecule is C#CCn1ccn2nc(C)c(C(=O)O)c12. The summed E-state index contributed by atoms with van der Waals surface area (Å²) < 4.78 is 3.21. The van der Waals surface area contributed by atoms with Crippen LogP contribution in [0.5, 0.6) is 0 Å². The van der Waals surface area contributed by atoms with Crippen LogP contribution in [0, 0.1) is 19.3 Å². The van der Waals surface area contributed by atoms with Gasteiger partial charge in [-0.15, -0.1) is 6.42 Å². The Morgan fingerprint density at radius 1 is 1.67 bits per heavy atom. The molecule has 0 aromatic carbocycles. The highest BCUT2D eigenvalue weighted by Crippen LogP contribution is 2.15. The molecule has 0 saturated carbocycles. The number of carboxylic acid groups (broad SMARTS) is 1. The number of aromatic nitrogens is 3. The normalized spacial score (nSPS) is 10.4. The van der Waals surface area contributed by atoms with Crippen molar-refractivity contribution in [3.05, 3.63) is 23.7 Å². The predicted molar refractivity (Wildman–Crippen MR) is 53.7 cm³/mol. The zero-order valence-corrected chi connectivity index (χ0v) is 8.14. The first kappa shape index (κ1) is 9.34. The van der Waals surface area contributed by atoms with Crippen LogP contribution < -0.4 is 0 Å². The van der Waals surface area contributed by atoms with E-state index in [9.17, 15) is 4.79 Å². The molecule has 5 nitrogen and oxygen atoms in total. The minimum atomic E-state index is -0.987. The molecule has 0 spiro atoms. The van der Waals surface area contributed by atoms with Crippen molar-refractivity contribution in [1.82, 2.24) is 14.2 Å². The summed E-state index contributed by atoms with van der Waals surface area (Å²) in [6, 6.07) is 0. The zero-order chi connectivity index (χ0) is 11.0. The minimum Gasteiger partial charge on any atom is -0.477 e. The Labute approximate surface area is 85.9 Å². The second-order valence-corrected chi connectivity index (χ2v) is 3.16. The molecule has 2 aromatic heterocycles. The lowest BCUT2D eigenvalue weighted by atomic mass is 10.2. The Morgan fingerprint density at radius 2 is 2.40 bits per heavy atom. The van der Waals surface area contributed by atoms with Crippen molar-refractivity contribution >= 4 is 11.6 Å². The van der Waals surface area contributed by atoms with Crippen LogP contribution >= 0.6 is 0 Å². The summed E-state index contributed by atoms with van der Waals surface area (Å²) in [7, 11) is 0. The quantitative estimate of drug-likeness (QED) is 0.733. The molecule has 0 atom stereocenters. The maximum absolute atomic E-state index is 11.0. The number of aryl methyl sites for hydroxylation is 1. The highest BCUT2D eigenvalue weighted by molar-refractivity contribution is 5.95. The molecule has 0 bridgehead atoms. The van der Waals surface area contributed by atoms with Gasteiger partial charge in [0.05, 0.1) is 12.2 Å². The Kier molecular flexibility index (Phi) is 1.97. The molecule has 1 N–H and O–H groups in total. The van der Waals surface area contributed by atoms with Gasteiger partial charge in [-0.2, -0.15) is 5.10 Å². The van der Waals surface area contributed by atoms with E-state index in [1.54, 1.807) is 23.9 Å². The fourth-order valence-corrected chi connectivity index (χ4v) is 1.61. The summed E-state index contributed by atoms with van der Waals surface area (Å²) in [4.78, 5) is 11.0. The van der Waals surface area contributed by atoms with Gasteiger partial charge in [0.1, 0.15) is 5.56 Å². The number of aromatic carboxylic acids is 1. The van der Waals surface area contributed by atoms with Gasteiger partial charge in [-0.25, -0.2) is 9.31 Å². The maximum Gasteiger partial charge on any atom is 0.341 e. The molecule has 15 heavy (non-hydrogen) atoms. The van der Waals surface area contributed by atoms with Crippen molar-refractivity contribution < 1.29 is 9.90 Å². The van der Waals surface area contributed by atoms with Crippen molar-refractivity contribution in [2.45, 2.75) is 13.5 Å². The van der Waals surface area contributed by atoms with Crippen molar-refractivity contribution in [3.63, 3.8) is 0 Å². The third kappa shape index (κ3) is 1.27. The van der Waals surface area contributed by atoms with Crippen molar-refractivity contribution in [2.24, 2.45) is 0 Å². The minimum absolute atomic E-state index is 0.204. The molecule has 0 aliphatic carbocycles. The first-order valence-corrected chi connectivity index (χ1v) is 4.36. The lowest BCUT2D eigenvalue weighted by Gasteiger charge is -1.97. The smallest absolute Gasteiger partial charge is 0.341 e. The fraction of sp³-hybridized carbons (Fsp3) is 0.200.